The minimum Gasteiger partial charge on any atom is -0.311 e. The van der Waals surface area contributed by atoms with Crippen molar-refractivity contribution < 1.29 is 0 Å². The molecule has 0 spiro atoms. The normalized spacial score (nSPS) is 12.6. The van der Waals surface area contributed by atoms with Crippen LogP contribution in [0.25, 0.3) is 66.4 Å². The lowest BCUT2D eigenvalue weighted by Crippen LogP contribution is -2.24. The molecule has 0 saturated heterocycles. The van der Waals surface area contributed by atoms with Gasteiger partial charge in [-0.1, -0.05) is 184 Å². The Balaban J connectivity index is 1.10. The predicted octanol–water partition coefficient (Wildman–Crippen LogP) is 15.3. The Hall–Kier alpha value is -6.96. The van der Waals surface area contributed by atoms with Gasteiger partial charge in [0.1, 0.15) is 0 Å². The van der Waals surface area contributed by atoms with E-state index in [1.165, 1.54) is 77.5 Å². The van der Waals surface area contributed by atoms with Gasteiger partial charge in [0.25, 0.3) is 0 Å². The smallest absolute Gasteiger partial charge is 0.0462 e. The second-order valence-electron chi connectivity index (χ2n) is 15.4. The molecule has 9 aromatic carbocycles. The van der Waals surface area contributed by atoms with Crippen molar-refractivity contribution in [3.8, 4) is 55.6 Å². The number of fused-ring (bicyclic) bond motifs is 2. The molecule has 0 amide bonds. The minimum absolute atomic E-state index is 0.133. The Morgan fingerprint density at radius 2 is 0.768 bits per heavy atom. The van der Waals surface area contributed by atoms with E-state index in [-0.39, 0.29) is 5.41 Å². The second-order valence-corrected chi connectivity index (χ2v) is 15.4. The van der Waals surface area contributed by atoms with Gasteiger partial charge >= 0.3 is 0 Å². The van der Waals surface area contributed by atoms with Crippen molar-refractivity contribution in [3.05, 3.63) is 223 Å². The van der Waals surface area contributed by atoms with Gasteiger partial charge in [0.05, 0.1) is 0 Å². The summed E-state index contributed by atoms with van der Waals surface area (Å²) in [5, 5.41) is 2.64. The molecule has 0 bridgehead atoms. The predicted molar refractivity (Wildman–Crippen MR) is 238 cm³/mol. The van der Waals surface area contributed by atoms with Crippen LogP contribution in [0.2, 0.25) is 0 Å². The summed E-state index contributed by atoms with van der Waals surface area (Å²) in [6, 6.07) is 77.5. The number of hydrogen-bond acceptors (Lipinski definition) is 1. The van der Waals surface area contributed by atoms with Crippen molar-refractivity contribution in [1.29, 1.82) is 0 Å². The summed E-state index contributed by atoms with van der Waals surface area (Å²) in [4.78, 5) is 2.36. The number of nitrogens with zero attached hydrogens (tertiary/aromatic N) is 1. The molecule has 56 heavy (non-hydrogen) atoms. The average molecular weight is 716 g/mol. The summed E-state index contributed by atoms with van der Waals surface area (Å²) in [7, 11) is 0. The van der Waals surface area contributed by atoms with E-state index in [0.29, 0.717) is 0 Å². The Kier molecular flexibility index (Phi) is 8.23. The highest BCUT2D eigenvalue weighted by Gasteiger charge is 2.34. The largest absolute Gasteiger partial charge is 0.311 e. The van der Waals surface area contributed by atoms with Gasteiger partial charge in [0, 0.05) is 22.5 Å². The molecule has 0 N–H and O–H groups in total. The van der Waals surface area contributed by atoms with Crippen molar-refractivity contribution in [2.75, 3.05) is 4.90 Å². The van der Waals surface area contributed by atoms with Crippen molar-refractivity contribution in [2.24, 2.45) is 0 Å². The summed E-state index contributed by atoms with van der Waals surface area (Å²) < 4.78 is 0. The van der Waals surface area contributed by atoms with E-state index in [4.69, 9.17) is 0 Å². The second kappa shape index (κ2) is 13.7. The van der Waals surface area contributed by atoms with Gasteiger partial charge in [-0.25, -0.2) is 0 Å². The molecule has 0 unspecified atom stereocenters. The fourth-order valence-corrected chi connectivity index (χ4v) is 8.78. The van der Waals surface area contributed by atoms with E-state index in [0.717, 1.165) is 17.1 Å². The first-order valence-corrected chi connectivity index (χ1v) is 19.5. The van der Waals surface area contributed by atoms with Crippen LogP contribution in [0.4, 0.5) is 17.1 Å². The molecule has 1 nitrogen and oxygen atoms in total. The van der Waals surface area contributed by atoms with Crippen LogP contribution in [0.15, 0.2) is 212 Å². The van der Waals surface area contributed by atoms with E-state index in [1.54, 1.807) is 0 Å². The van der Waals surface area contributed by atoms with Gasteiger partial charge in [-0.15, -0.1) is 0 Å². The Labute approximate surface area is 329 Å². The monoisotopic (exact) mass is 715 g/mol. The Morgan fingerprint density at radius 3 is 1.29 bits per heavy atom. The van der Waals surface area contributed by atoms with Crippen LogP contribution in [-0.4, -0.2) is 0 Å². The summed E-state index contributed by atoms with van der Waals surface area (Å²) in [6.07, 6.45) is 0. The third-order valence-electron chi connectivity index (χ3n) is 11.7. The van der Waals surface area contributed by atoms with Gasteiger partial charge in [0.15, 0.2) is 0 Å². The molecule has 0 aliphatic heterocycles. The quantitative estimate of drug-likeness (QED) is 0.159. The highest BCUT2D eigenvalue weighted by Crippen LogP contribution is 2.52. The van der Waals surface area contributed by atoms with Crippen molar-refractivity contribution in [2.45, 2.75) is 19.3 Å². The van der Waals surface area contributed by atoms with Gasteiger partial charge in [-0.2, -0.15) is 0 Å². The number of hydrogen-bond donors (Lipinski definition) is 0. The van der Waals surface area contributed by atoms with Crippen LogP contribution in [-0.2, 0) is 5.41 Å². The zero-order valence-electron chi connectivity index (χ0n) is 31.7. The summed E-state index contributed by atoms with van der Waals surface area (Å²) in [6.45, 7) is 4.75. The maximum Gasteiger partial charge on any atom is 0.0462 e. The summed E-state index contributed by atoms with van der Waals surface area (Å²) in [5.74, 6) is 0. The van der Waals surface area contributed by atoms with Crippen LogP contribution in [0.3, 0.4) is 0 Å². The number of rotatable bonds is 7. The van der Waals surface area contributed by atoms with Crippen LogP contribution < -0.4 is 4.90 Å². The van der Waals surface area contributed by atoms with Crippen LogP contribution >= 0.6 is 0 Å². The van der Waals surface area contributed by atoms with E-state index in [9.17, 15) is 0 Å². The van der Waals surface area contributed by atoms with Gasteiger partial charge < -0.3 is 4.90 Å². The minimum atomic E-state index is -0.133. The number of benzene rings is 9. The molecule has 9 aromatic rings. The van der Waals surface area contributed by atoms with E-state index < -0.39 is 0 Å². The lowest BCUT2D eigenvalue weighted by atomic mass is 9.67. The van der Waals surface area contributed by atoms with E-state index >= 15 is 0 Å². The van der Waals surface area contributed by atoms with Crippen molar-refractivity contribution >= 4 is 27.8 Å². The SMILES string of the molecule is CC1(C)c2ccc(-c3ccccc3)cc2-c2c(-c3ccc(N(c4ccc(-c5ccccc5)cc4)c4ccc(-c5ccccc5)cc4)cc3)ccc3cccc1c23. The molecular weight excluding hydrogens is 675 g/mol. The third kappa shape index (κ3) is 5.81. The first kappa shape index (κ1) is 33.6. The fraction of sp³-hybridized carbons (Fsp3) is 0.0545. The van der Waals surface area contributed by atoms with Crippen LogP contribution in [0, 0.1) is 0 Å². The molecule has 1 aliphatic carbocycles. The topological polar surface area (TPSA) is 3.24 Å². The van der Waals surface area contributed by atoms with Gasteiger partial charge in [-0.05, 0) is 120 Å². The van der Waals surface area contributed by atoms with E-state index in [2.05, 4.69) is 231 Å². The lowest BCUT2D eigenvalue weighted by Gasteiger charge is -2.36. The molecule has 1 aliphatic rings. The van der Waals surface area contributed by atoms with Crippen LogP contribution in [0.5, 0.6) is 0 Å². The zero-order valence-corrected chi connectivity index (χ0v) is 31.7. The molecule has 0 atom stereocenters. The molecule has 0 fully saturated rings. The summed E-state index contributed by atoms with van der Waals surface area (Å²) in [5.41, 5.74) is 18.3. The average Bonchev–Trinajstić information content (AvgIpc) is 3.27. The standard InChI is InChI=1S/C55H41N/c1-55(2)51-36-28-45(40-17-10-5-11-18-40)37-50(51)54-49(35-27-44-19-12-20-52(55)53(44)54)43-25-33-48(34-26-43)56(46-29-21-41(22-30-46)38-13-6-3-7-14-38)47-31-23-42(24-32-47)39-15-8-4-9-16-39/h3-37H,1-2H3. The molecule has 266 valence electrons. The maximum absolute atomic E-state index is 2.43. The van der Waals surface area contributed by atoms with Crippen molar-refractivity contribution in [3.63, 3.8) is 0 Å². The first-order chi connectivity index (χ1) is 27.5. The first-order valence-electron chi connectivity index (χ1n) is 19.5. The fourth-order valence-electron chi connectivity index (χ4n) is 8.78. The molecule has 0 radical (unpaired) electrons. The zero-order chi connectivity index (χ0) is 37.6. The highest BCUT2D eigenvalue weighted by atomic mass is 15.1. The Morgan fingerprint density at radius 1 is 0.321 bits per heavy atom. The van der Waals surface area contributed by atoms with Gasteiger partial charge in [-0.3, -0.25) is 0 Å². The molecular formula is C55H41N. The molecule has 10 rings (SSSR count). The van der Waals surface area contributed by atoms with Gasteiger partial charge in [0.2, 0.25) is 0 Å². The number of anilines is 3. The molecule has 0 saturated carbocycles. The molecule has 1 heteroatoms. The van der Waals surface area contributed by atoms with Crippen LogP contribution in [0.1, 0.15) is 25.0 Å². The molecule has 0 aromatic heterocycles. The lowest BCUT2D eigenvalue weighted by molar-refractivity contribution is 0.645. The van der Waals surface area contributed by atoms with Crippen molar-refractivity contribution in [1.82, 2.24) is 0 Å². The third-order valence-corrected chi connectivity index (χ3v) is 11.7. The van der Waals surface area contributed by atoms with E-state index in [1.807, 2.05) is 0 Å². The molecule has 0 heterocycles. The maximum atomic E-state index is 2.43. The highest BCUT2D eigenvalue weighted by molar-refractivity contribution is 6.09. The Bertz CT molecular complexity index is 2740. The summed E-state index contributed by atoms with van der Waals surface area (Å²) >= 11 is 0.